The fourth-order valence-electron chi connectivity index (χ4n) is 5.60. The van der Waals surface area contributed by atoms with Gasteiger partial charge in [-0.1, -0.05) is 54.6 Å². The van der Waals surface area contributed by atoms with Gasteiger partial charge in [0.2, 0.25) is 5.71 Å². The van der Waals surface area contributed by atoms with Crippen molar-refractivity contribution in [2.45, 2.75) is 0 Å². The van der Waals surface area contributed by atoms with Crippen molar-refractivity contribution in [1.82, 2.24) is 14.5 Å². The monoisotopic (exact) mass is 502 g/mol. The van der Waals surface area contributed by atoms with Crippen LogP contribution in [0.2, 0.25) is 0 Å². The summed E-state index contributed by atoms with van der Waals surface area (Å²) >= 11 is 0. The van der Waals surface area contributed by atoms with Gasteiger partial charge in [0.15, 0.2) is 0 Å². The van der Waals surface area contributed by atoms with Crippen molar-refractivity contribution in [1.29, 1.82) is 0 Å². The molecule has 0 bridgehead atoms. The first-order chi connectivity index (χ1) is 19.3. The lowest BCUT2D eigenvalue weighted by Crippen LogP contribution is -2.09. The number of anilines is 3. The van der Waals surface area contributed by atoms with Crippen molar-refractivity contribution in [2.75, 3.05) is 4.90 Å². The largest absolute Gasteiger partial charge is 0.436 e. The van der Waals surface area contributed by atoms with E-state index in [2.05, 4.69) is 141 Å². The van der Waals surface area contributed by atoms with Crippen LogP contribution >= 0.6 is 0 Å². The van der Waals surface area contributed by atoms with Crippen LogP contribution in [0.3, 0.4) is 0 Å². The van der Waals surface area contributed by atoms with Gasteiger partial charge >= 0.3 is 0 Å². The summed E-state index contributed by atoms with van der Waals surface area (Å²) in [5.74, 6) is 0. The summed E-state index contributed by atoms with van der Waals surface area (Å²) in [7, 11) is 0. The molecule has 3 heterocycles. The van der Waals surface area contributed by atoms with Gasteiger partial charge in [-0.3, -0.25) is 0 Å². The minimum absolute atomic E-state index is 0.554. The molecule has 0 saturated heterocycles. The maximum absolute atomic E-state index is 6.07. The van der Waals surface area contributed by atoms with E-state index in [9.17, 15) is 0 Å². The third kappa shape index (κ3) is 3.41. The summed E-state index contributed by atoms with van der Waals surface area (Å²) < 4.78 is 8.37. The summed E-state index contributed by atoms with van der Waals surface area (Å²) in [6.45, 7) is 0. The average molecular weight is 503 g/mol. The van der Waals surface area contributed by atoms with Crippen LogP contribution in [0.1, 0.15) is 0 Å². The molecular weight excluding hydrogens is 480 g/mol. The summed E-state index contributed by atoms with van der Waals surface area (Å²) in [6.07, 6.45) is 3.36. The van der Waals surface area contributed by atoms with E-state index >= 15 is 0 Å². The molecule has 5 aromatic carbocycles. The summed E-state index contributed by atoms with van der Waals surface area (Å²) in [5.41, 5.74) is 8.75. The molecule has 8 aromatic rings. The van der Waals surface area contributed by atoms with Gasteiger partial charge in [0, 0.05) is 57.4 Å². The maximum Gasteiger partial charge on any atom is 0.246 e. The molecule has 184 valence electrons. The molecule has 5 nitrogen and oxygen atoms in total. The van der Waals surface area contributed by atoms with E-state index < -0.39 is 0 Å². The second-order valence-corrected chi connectivity index (χ2v) is 9.55. The lowest BCUT2D eigenvalue weighted by Gasteiger charge is -2.25. The molecule has 5 heteroatoms. The van der Waals surface area contributed by atoms with Crippen LogP contribution < -0.4 is 4.90 Å². The number of furan rings is 1. The molecule has 3 aromatic heterocycles. The van der Waals surface area contributed by atoms with Crippen LogP contribution in [-0.2, 0) is 0 Å². The second-order valence-electron chi connectivity index (χ2n) is 9.55. The lowest BCUT2D eigenvalue weighted by molar-refractivity contribution is 0.652. The highest BCUT2D eigenvalue weighted by Gasteiger charge is 2.18. The number of aromatic nitrogens is 3. The van der Waals surface area contributed by atoms with E-state index in [4.69, 9.17) is 4.42 Å². The number of hydrogen-bond donors (Lipinski definition) is 0. The van der Waals surface area contributed by atoms with Crippen molar-refractivity contribution in [3.8, 4) is 5.69 Å². The van der Waals surface area contributed by atoms with Crippen molar-refractivity contribution < 1.29 is 4.42 Å². The van der Waals surface area contributed by atoms with Gasteiger partial charge in [-0.2, -0.15) is 0 Å². The van der Waals surface area contributed by atoms with E-state index in [1.807, 2.05) is 0 Å². The fourth-order valence-corrected chi connectivity index (χ4v) is 5.60. The third-order valence-electron chi connectivity index (χ3n) is 7.29. The van der Waals surface area contributed by atoms with Crippen molar-refractivity contribution in [2.24, 2.45) is 0 Å². The molecule has 0 N–H and O–H groups in total. The van der Waals surface area contributed by atoms with Crippen LogP contribution in [0, 0.1) is 0 Å². The van der Waals surface area contributed by atoms with E-state index in [0.29, 0.717) is 5.71 Å². The topological polar surface area (TPSA) is 47.1 Å². The Morgan fingerprint density at radius 2 is 1.23 bits per heavy atom. The molecule has 0 atom stereocenters. The minimum Gasteiger partial charge on any atom is -0.436 e. The van der Waals surface area contributed by atoms with Gasteiger partial charge in [0.25, 0.3) is 0 Å². The normalized spacial score (nSPS) is 11.6. The smallest absolute Gasteiger partial charge is 0.246 e. The maximum atomic E-state index is 6.07. The Hall–Kier alpha value is -5.42. The molecule has 0 spiro atoms. The highest BCUT2D eigenvalue weighted by Crippen LogP contribution is 2.40. The Balaban J connectivity index is 1.36. The lowest BCUT2D eigenvalue weighted by atomic mass is 10.1. The highest BCUT2D eigenvalue weighted by atomic mass is 16.3. The van der Waals surface area contributed by atoms with Gasteiger partial charge < -0.3 is 13.9 Å². The van der Waals surface area contributed by atoms with E-state index in [1.54, 1.807) is 12.4 Å². The number of nitrogens with zero attached hydrogens (tertiary/aromatic N) is 4. The zero-order valence-corrected chi connectivity index (χ0v) is 20.9. The summed E-state index contributed by atoms with van der Waals surface area (Å²) in [4.78, 5) is 11.1. The van der Waals surface area contributed by atoms with Gasteiger partial charge in [-0.05, 0) is 60.7 Å². The number of benzene rings is 5. The Kier molecular flexibility index (Phi) is 4.76. The zero-order chi connectivity index (χ0) is 25.8. The van der Waals surface area contributed by atoms with Gasteiger partial charge in [0.05, 0.1) is 11.0 Å². The van der Waals surface area contributed by atoms with Crippen LogP contribution in [0.5, 0.6) is 0 Å². The quantitative estimate of drug-likeness (QED) is 0.241. The van der Waals surface area contributed by atoms with Crippen LogP contribution in [0.15, 0.2) is 138 Å². The number of rotatable bonds is 4. The minimum atomic E-state index is 0.554. The molecule has 0 aliphatic carbocycles. The first kappa shape index (κ1) is 21.6. The first-order valence-corrected chi connectivity index (χ1v) is 12.9. The number of fused-ring (bicyclic) bond motifs is 6. The highest BCUT2D eigenvalue weighted by molar-refractivity contribution is 6.11. The molecule has 0 aliphatic rings. The van der Waals surface area contributed by atoms with Crippen LogP contribution in [0.4, 0.5) is 17.1 Å². The Bertz CT molecular complexity index is 2090. The molecule has 0 fully saturated rings. The Labute approximate surface area is 224 Å². The predicted molar refractivity (Wildman–Crippen MR) is 158 cm³/mol. The predicted octanol–water partition coefficient (Wildman–Crippen LogP) is 8.94. The molecule has 8 rings (SSSR count). The second kappa shape index (κ2) is 8.57. The molecule has 0 radical (unpaired) electrons. The van der Waals surface area contributed by atoms with E-state index in [0.717, 1.165) is 50.3 Å². The van der Waals surface area contributed by atoms with Crippen molar-refractivity contribution in [3.05, 3.63) is 134 Å². The fraction of sp³-hybridized carbons (Fsp3) is 0. The summed E-state index contributed by atoms with van der Waals surface area (Å²) in [5, 5.41) is 3.35. The zero-order valence-electron chi connectivity index (χ0n) is 20.9. The Morgan fingerprint density at radius 1 is 0.538 bits per heavy atom. The van der Waals surface area contributed by atoms with Crippen molar-refractivity contribution in [3.63, 3.8) is 0 Å². The molecule has 0 amide bonds. The van der Waals surface area contributed by atoms with Gasteiger partial charge in [0.1, 0.15) is 11.1 Å². The summed E-state index contributed by atoms with van der Waals surface area (Å²) in [6, 6.07) is 42.6. The SMILES string of the molecule is c1ccc(N(c2ccccc2)c2ccc3c(c2)c2ccccc2n3-c2ccc3c(c2)oc2nccnc23)cc1. The Morgan fingerprint density at radius 3 is 2.03 bits per heavy atom. The molecular formula is C34H22N4O. The van der Waals surface area contributed by atoms with Gasteiger partial charge in [-0.15, -0.1) is 0 Å². The third-order valence-corrected chi connectivity index (χ3v) is 7.29. The molecule has 0 aliphatic heterocycles. The average Bonchev–Trinajstić information content (AvgIpc) is 3.53. The first-order valence-electron chi connectivity index (χ1n) is 12.9. The van der Waals surface area contributed by atoms with Gasteiger partial charge in [-0.25, -0.2) is 9.97 Å². The molecule has 0 saturated carbocycles. The van der Waals surface area contributed by atoms with Crippen molar-refractivity contribution >= 4 is 61.1 Å². The van der Waals surface area contributed by atoms with E-state index in [-0.39, 0.29) is 0 Å². The van der Waals surface area contributed by atoms with Crippen LogP contribution in [-0.4, -0.2) is 14.5 Å². The molecule has 0 unspecified atom stereocenters. The number of hydrogen-bond acceptors (Lipinski definition) is 4. The van der Waals surface area contributed by atoms with Crippen LogP contribution in [0.25, 0.3) is 49.7 Å². The van der Waals surface area contributed by atoms with E-state index in [1.165, 1.54) is 10.8 Å². The standard InChI is InChI=1S/C34H22N4O/c1-3-9-23(10-4-1)37(24-11-5-2-6-12-24)25-16-18-31-29(21-25)27-13-7-8-14-30(27)38(31)26-15-17-28-32(22-26)39-34-33(28)35-19-20-36-34/h1-22H. The molecule has 39 heavy (non-hydrogen) atoms. The number of para-hydroxylation sites is 3.